The Labute approximate surface area is 173 Å². The number of nitriles is 1. The summed E-state index contributed by atoms with van der Waals surface area (Å²) in [5.74, 6) is 0.351. The lowest BCUT2D eigenvalue weighted by atomic mass is 10.1. The fourth-order valence-corrected chi connectivity index (χ4v) is 3.48. The quantitative estimate of drug-likeness (QED) is 0.593. The van der Waals surface area contributed by atoms with Gasteiger partial charge < -0.3 is 14.5 Å². The number of imide groups is 1. The van der Waals surface area contributed by atoms with Crippen molar-refractivity contribution in [3.8, 4) is 17.6 Å². The van der Waals surface area contributed by atoms with Crippen LogP contribution in [-0.2, 0) is 4.79 Å². The summed E-state index contributed by atoms with van der Waals surface area (Å²) < 4.78 is 11.2. The first kappa shape index (κ1) is 20.4. The number of rotatable bonds is 6. The summed E-state index contributed by atoms with van der Waals surface area (Å²) >= 11 is 5.80. The van der Waals surface area contributed by atoms with E-state index in [2.05, 4.69) is 15.3 Å². The predicted octanol–water partition coefficient (Wildman–Crippen LogP) is 2.21. The third kappa shape index (κ3) is 4.56. The predicted molar refractivity (Wildman–Crippen MR) is 109 cm³/mol. The first-order valence-corrected chi connectivity index (χ1v) is 9.47. The van der Waals surface area contributed by atoms with Crippen molar-refractivity contribution in [3.63, 3.8) is 0 Å². The minimum atomic E-state index is -0.668. The van der Waals surface area contributed by atoms with Gasteiger partial charge in [-0.25, -0.2) is 0 Å². The third-order valence-electron chi connectivity index (χ3n) is 3.89. The molecule has 0 bridgehead atoms. The Morgan fingerprint density at radius 1 is 1.28 bits per heavy atom. The molecule has 0 aliphatic carbocycles. The molecule has 2 aromatic rings. The van der Waals surface area contributed by atoms with Crippen LogP contribution < -0.4 is 20.3 Å². The number of hydrogen-bond acceptors (Lipinski definition) is 8. The van der Waals surface area contributed by atoms with Crippen molar-refractivity contribution >= 4 is 47.3 Å². The Bertz CT molecular complexity index is 1160. The molecule has 1 saturated heterocycles. The molecule has 0 radical (unpaired) electrons. The molecule has 1 aromatic heterocycles. The Kier molecular flexibility index (Phi) is 6.16. The van der Waals surface area contributed by atoms with Crippen LogP contribution in [0.1, 0.15) is 16.8 Å². The number of carbonyl (C=O) groups excluding carboxylic acids is 2. The number of ether oxygens (including phenoxy) is 2. The van der Waals surface area contributed by atoms with Crippen LogP contribution in [0.2, 0.25) is 0 Å². The zero-order valence-electron chi connectivity index (χ0n) is 15.0. The molecular weight excluding hydrogens is 416 g/mol. The molecule has 0 spiro atoms. The highest BCUT2D eigenvalue weighted by atomic mass is 32.2. The van der Waals surface area contributed by atoms with E-state index in [1.54, 1.807) is 24.3 Å². The van der Waals surface area contributed by atoms with E-state index in [1.807, 2.05) is 6.07 Å². The summed E-state index contributed by atoms with van der Waals surface area (Å²) in [6, 6.07) is 6.97. The number of nitrogens with one attached hydrogen (secondary N) is 3. The number of carbonyl (C=O) groups is 2. The van der Waals surface area contributed by atoms with E-state index in [1.165, 1.54) is 13.2 Å². The number of benzene rings is 1. The van der Waals surface area contributed by atoms with Crippen LogP contribution in [-0.4, -0.2) is 40.1 Å². The van der Waals surface area contributed by atoms with Gasteiger partial charge >= 0.3 is 0 Å². The van der Waals surface area contributed by atoms with Gasteiger partial charge in [0.15, 0.2) is 16.3 Å². The van der Waals surface area contributed by atoms with Crippen molar-refractivity contribution in [2.45, 2.75) is 5.25 Å². The number of H-pyrrole nitrogens is 2. The Morgan fingerprint density at radius 3 is 2.72 bits per heavy atom. The summed E-state index contributed by atoms with van der Waals surface area (Å²) in [7, 11) is 1.47. The van der Waals surface area contributed by atoms with Gasteiger partial charge in [-0.05, 0) is 42.2 Å². The number of para-hydroxylation sites is 1. The molecule has 1 aliphatic rings. The van der Waals surface area contributed by atoms with Gasteiger partial charge in [-0.15, -0.1) is 0 Å². The molecule has 3 N–H and O–H groups in total. The molecule has 1 aliphatic heterocycles. The highest BCUT2D eigenvalue weighted by Gasteiger charge is 2.32. The van der Waals surface area contributed by atoms with Crippen molar-refractivity contribution < 1.29 is 19.1 Å². The lowest BCUT2D eigenvalue weighted by molar-refractivity contribution is -0.119. The zero-order valence-corrected chi connectivity index (χ0v) is 16.6. The molecule has 148 valence electrons. The summed E-state index contributed by atoms with van der Waals surface area (Å²) in [5, 5.41) is 10.3. The second-order valence-corrected chi connectivity index (χ2v) is 7.30. The standard InChI is InChI=1S/C18H14N4O5S2/c1-26-12-4-2-3-9(14(12)27-8-13-16(24)22-18(25)29-13)5-6-11-10(7-19)15(23)21-17(28)20-11/h2-6,13H,8H2,1H3,(H,22,24,25)(H2,20,21,23,28)/b6-5+. The van der Waals surface area contributed by atoms with E-state index in [-0.39, 0.29) is 22.6 Å². The second kappa shape index (κ2) is 8.76. The van der Waals surface area contributed by atoms with Crippen molar-refractivity contribution in [2.24, 2.45) is 0 Å². The van der Waals surface area contributed by atoms with Crippen LogP contribution >= 0.6 is 24.0 Å². The van der Waals surface area contributed by atoms with Crippen LogP contribution in [0.25, 0.3) is 12.2 Å². The van der Waals surface area contributed by atoms with Crippen molar-refractivity contribution in [2.75, 3.05) is 13.7 Å². The van der Waals surface area contributed by atoms with Gasteiger partial charge in [0, 0.05) is 5.56 Å². The number of methoxy groups -OCH3 is 1. The monoisotopic (exact) mass is 430 g/mol. The first-order valence-electron chi connectivity index (χ1n) is 8.19. The van der Waals surface area contributed by atoms with E-state index in [0.717, 1.165) is 11.8 Å². The average molecular weight is 430 g/mol. The Balaban J connectivity index is 1.92. The summed E-state index contributed by atoms with van der Waals surface area (Å²) in [5.41, 5.74) is 0.110. The maximum absolute atomic E-state index is 11.9. The van der Waals surface area contributed by atoms with E-state index < -0.39 is 22.0 Å². The van der Waals surface area contributed by atoms with Gasteiger partial charge in [0.2, 0.25) is 5.91 Å². The smallest absolute Gasteiger partial charge is 0.286 e. The lowest BCUT2D eigenvalue weighted by Gasteiger charge is -2.14. The van der Waals surface area contributed by atoms with Crippen LogP contribution in [0.15, 0.2) is 23.0 Å². The van der Waals surface area contributed by atoms with Gasteiger partial charge in [0.1, 0.15) is 23.5 Å². The number of nitrogens with zero attached hydrogens (tertiary/aromatic N) is 1. The van der Waals surface area contributed by atoms with Gasteiger partial charge in [-0.2, -0.15) is 5.26 Å². The van der Waals surface area contributed by atoms with Crippen LogP contribution in [0.5, 0.6) is 11.5 Å². The molecule has 2 amide bonds. The molecule has 29 heavy (non-hydrogen) atoms. The van der Waals surface area contributed by atoms with Gasteiger partial charge in [-0.1, -0.05) is 12.1 Å². The first-order chi connectivity index (χ1) is 13.9. The van der Waals surface area contributed by atoms with Crippen molar-refractivity contribution in [1.82, 2.24) is 15.3 Å². The Hall–Kier alpha value is -3.36. The van der Waals surface area contributed by atoms with Gasteiger partial charge in [0.25, 0.3) is 10.8 Å². The molecule has 1 unspecified atom stereocenters. The van der Waals surface area contributed by atoms with E-state index in [4.69, 9.17) is 21.7 Å². The fraction of sp³-hybridized carbons (Fsp3) is 0.167. The van der Waals surface area contributed by atoms with Crippen molar-refractivity contribution in [3.05, 3.63) is 50.1 Å². The summed E-state index contributed by atoms with van der Waals surface area (Å²) in [4.78, 5) is 40.0. The highest BCUT2D eigenvalue weighted by molar-refractivity contribution is 8.15. The largest absolute Gasteiger partial charge is 0.493 e. The highest BCUT2D eigenvalue weighted by Crippen LogP contribution is 2.33. The van der Waals surface area contributed by atoms with Crippen LogP contribution in [0, 0.1) is 16.1 Å². The molecule has 1 fully saturated rings. The van der Waals surface area contributed by atoms with E-state index >= 15 is 0 Å². The SMILES string of the molecule is COc1cccc(/C=C/c2[nH]c(=S)[nH]c(=O)c2C#N)c1OCC1SC(=O)NC1=O. The number of aromatic amines is 2. The van der Waals surface area contributed by atoms with Gasteiger partial charge in [0.05, 0.1) is 12.8 Å². The molecule has 0 saturated carbocycles. The Morgan fingerprint density at radius 2 is 2.07 bits per heavy atom. The normalized spacial score (nSPS) is 15.9. The molecule has 1 aromatic carbocycles. The van der Waals surface area contributed by atoms with E-state index in [9.17, 15) is 19.6 Å². The number of hydrogen-bond donors (Lipinski definition) is 3. The number of thioether (sulfide) groups is 1. The molecule has 11 heteroatoms. The third-order valence-corrected chi connectivity index (χ3v) is 5.04. The molecule has 2 heterocycles. The van der Waals surface area contributed by atoms with Gasteiger partial charge in [-0.3, -0.25) is 24.7 Å². The minimum Gasteiger partial charge on any atom is -0.493 e. The van der Waals surface area contributed by atoms with Crippen LogP contribution in [0.4, 0.5) is 4.79 Å². The molecule has 1 atom stereocenters. The average Bonchev–Trinajstić information content (AvgIpc) is 3.01. The zero-order chi connectivity index (χ0) is 21.0. The summed E-state index contributed by atoms with van der Waals surface area (Å²) in [6.07, 6.45) is 3.14. The van der Waals surface area contributed by atoms with Crippen molar-refractivity contribution in [1.29, 1.82) is 5.26 Å². The summed E-state index contributed by atoms with van der Waals surface area (Å²) in [6.45, 7) is -0.0413. The molecule has 3 rings (SSSR count). The maximum atomic E-state index is 11.9. The lowest BCUT2D eigenvalue weighted by Crippen LogP contribution is -2.28. The number of amides is 2. The fourth-order valence-electron chi connectivity index (χ4n) is 2.55. The molecule has 9 nitrogen and oxygen atoms in total. The minimum absolute atomic E-state index is 0.0413. The number of aromatic nitrogens is 2. The molecular formula is C18H14N4O5S2. The topological polar surface area (TPSA) is 137 Å². The second-order valence-electron chi connectivity index (χ2n) is 5.71. The van der Waals surface area contributed by atoms with Crippen LogP contribution in [0.3, 0.4) is 0 Å². The maximum Gasteiger partial charge on any atom is 0.286 e. The van der Waals surface area contributed by atoms with E-state index in [0.29, 0.717) is 17.1 Å².